The lowest BCUT2D eigenvalue weighted by Crippen LogP contribution is -2.46. The van der Waals surface area contributed by atoms with Gasteiger partial charge in [-0.15, -0.1) is 0 Å². The molecule has 2 aromatic heterocycles. The van der Waals surface area contributed by atoms with Crippen LogP contribution in [0.15, 0.2) is 42.7 Å². The van der Waals surface area contributed by atoms with Crippen molar-refractivity contribution in [3.05, 3.63) is 53.9 Å². The standard InChI is InChI=1S/C22H21F2N5O2/c1-13(28-21(30)22(2,23)24)20(15-4-8-19(26-11-15)31-17-5-6-17)29-18-7-3-14(10-25)9-16(18)12-27-29/h3-4,7-9,11-13,17,20H,5-6H2,1-2H3,(H,28,30)/t13-,20-/m0/s1. The molecule has 1 aromatic carbocycles. The summed E-state index contributed by atoms with van der Waals surface area (Å²) in [4.78, 5) is 16.3. The molecule has 2 heterocycles. The Kier molecular flexibility index (Phi) is 5.31. The van der Waals surface area contributed by atoms with E-state index in [0.29, 0.717) is 29.4 Å². The first kappa shape index (κ1) is 20.7. The van der Waals surface area contributed by atoms with Crippen molar-refractivity contribution in [2.45, 2.75) is 50.8 Å². The van der Waals surface area contributed by atoms with Crippen molar-refractivity contribution in [2.24, 2.45) is 0 Å². The second kappa shape index (κ2) is 7.95. The summed E-state index contributed by atoms with van der Waals surface area (Å²) >= 11 is 0. The fraction of sp³-hybridized carbons (Fsp3) is 0.364. The van der Waals surface area contributed by atoms with Crippen molar-refractivity contribution in [1.29, 1.82) is 5.26 Å². The average Bonchev–Trinajstić information content (AvgIpc) is 3.46. The summed E-state index contributed by atoms with van der Waals surface area (Å²) in [6, 6.07) is 9.36. The summed E-state index contributed by atoms with van der Waals surface area (Å²) in [6.45, 7) is 2.20. The van der Waals surface area contributed by atoms with E-state index in [1.807, 2.05) is 0 Å². The first-order valence-corrected chi connectivity index (χ1v) is 9.95. The number of hydrogen-bond donors (Lipinski definition) is 1. The van der Waals surface area contributed by atoms with Crippen LogP contribution in [0.1, 0.15) is 43.9 Å². The van der Waals surface area contributed by atoms with Crippen LogP contribution in [0, 0.1) is 11.3 Å². The Labute approximate surface area is 177 Å². The number of nitrogens with one attached hydrogen (secondary N) is 1. The minimum atomic E-state index is -3.51. The summed E-state index contributed by atoms with van der Waals surface area (Å²) in [6.07, 6.45) is 5.41. The zero-order chi connectivity index (χ0) is 22.2. The van der Waals surface area contributed by atoms with Crippen molar-refractivity contribution in [1.82, 2.24) is 20.1 Å². The molecule has 0 radical (unpaired) electrons. The Morgan fingerprint density at radius 3 is 2.71 bits per heavy atom. The number of aromatic nitrogens is 3. The van der Waals surface area contributed by atoms with E-state index in [-0.39, 0.29) is 6.10 Å². The molecule has 0 bridgehead atoms. The van der Waals surface area contributed by atoms with Gasteiger partial charge in [0.2, 0.25) is 5.88 Å². The fourth-order valence-corrected chi connectivity index (χ4v) is 3.39. The molecule has 1 N–H and O–H groups in total. The first-order valence-electron chi connectivity index (χ1n) is 9.95. The molecule has 1 aliphatic rings. The summed E-state index contributed by atoms with van der Waals surface area (Å²) < 4.78 is 34.3. The van der Waals surface area contributed by atoms with Gasteiger partial charge in [0.25, 0.3) is 5.91 Å². The molecule has 0 saturated heterocycles. The second-order valence-corrected chi connectivity index (χ2v) is 7.82. The monoisotopic (exact) mass is 425 g/mol. The number of halogens is 2. The lowest BCUT2D eigenvalue weighted by atomic mass is 10.0. The number of pyridine rings is 1. The molecule has 160 valence electrons. The van der Waals surface area contributed by atoms with Crippen LogP contribution in [0.4, 0.5) is 8.78 Å². The minimum absolute atomic E-state index is 0.198. The van der Waals surface area contributed by atoms with Crippen LogP contribution in [-0.2, 0) is 4.79 Å². The Bertz CT molecular complexity index is 1140. The molecule has 1 amide bonds. The van der Waals surface area contributed by atoms with Crippen molar-refractivity contribution in [3.8, 4) is 11.9 Å². The highest BCUT2D eigenvalue weighted by molar-refractivity contribution is 5.83. The van der Waals surface area contributed by atoms with E-state index in [9.17, 15) is 13.6 Å². The third-order valence-corrected chi connectivity index (χ3v) is 5.13. The van der Waals surface area contributed by atoms with Gasteiger partial charge in [-0.3, -0.25) is 9.48 Å². The molecular weight excluding hydrogens is 404 g/mol. The van der Waals surface area contributed by atoms with Crippen LogP contribution in [0.5, 0.6) is 5.88 Å². The highest BCUT2D eigenvalue weighted by atomic mass is 19.3. The van der Waals surface area contributed by atoms with Crippen LogP contribution < -0.4 is 10.1 Å². The van der Waals surface area contributed by atoms with Crippen molar-refractivity contribution in [3.63, 3.8) is 0 Å². The smallest absolute Gasteiger partial charge is 0.321 e. The molecule has 1 fully saturated rings. The summed E-state index contributed by atoms with van der Waals surface area (Å²) in [5.74, 6) is -4.38. The normalized spacial score (nSPS) is 15.8. The first-order chi connectivity index (χ1) is 14.8. The largest absolute Gasteiger partial charge is 0.474 e. The Morgan fingerprint density at radius 1 is 1.32 bits per heavy atom. The van der Waals surface area contributed by atoms with Crippen LogP contribution in [0.25, 0.3) is 10.9 Å². The van der Waals surface area contributed by atoms with Crippen LogP contribution >= 0.6 is 0 Å². The average molecular weight is 425 g/mol. The zero-order valence-electron chi connectivity index (χ0n) is 17.0. The molecule has 2 atom stereocenters. The van der Waals surface area contributed by atoms with Gasteiger partial charge in [0.1, 0.15) is 6.10 Å². The molecular formula is C22H21F2N5O2. The summed E-state index contributed by atoms with van der Waals surface area (Å²) in [5.41, 5.74) is 1.86. The van der Waals surface area contributed by atoms with Gasteiger partial charge in [0.05, 0.1) is 35.4 Å². The number of alkyl halides is 2. The van der Waals surface area contributed by atoms with Gasteiger partial charge in [-0.25, -0.2) is 4.98 Å². The second-order valence-electron chi connectivity index (χ2n) is 7.82. The molecule has 1 aliphatic carbocycles. The molecule has 9 heteroatoms. The summed E-state index contributed by atoms with van der Waals surface area (Å²) in [5, 5.41) is 16.7. The number of nitrogens with zero attached hydrogens (tertiary/aromatic N) is 4. The molecule has 3 aromatic rings. The Balaban J connectivity index is 1.72. The quantitative estimate of drug-likeness (QED) is 0.624. The highest BCUT2D eigenvalue weighted by Crippen LogP contribution is 2.30. The minimum Gasteiger partial charge on any atom is -0.474 e. The fourth-order valence-electron chi connectivity index (χ4n) is 3.39. The lowest BCUT2D eigenvalue weighted by molar-refractivity contribution is -0.143. The maximum Gasteiger partial charge on any atom is 0.321 e. The predicted octanol–water partition coefficient (Wildman–Crippen LogP) is 3.59. The highest BCUT2D eigenvalue weighted by Gasteiger charge is 2.35. The predicted molar refractivity (Wildman–Crippen MR) is 109 cm³/mol. The number of amides is 1. The Hall–Kier alpha value is -3.54. The van der Waals surface area contributed by atoms with Gasteiger partial charge in [-0.05, 0) is 49.6 Å². The molecule has 0 spiro atoms. The van der Waals surface area contributed by atoms with Crippen LogP contribution in [0.2, 0.25) is 0 Å². The molecule has 0 aliphatic heterocycles. The van der Waals surface area contributed by atoms with E-state index in [1.54, 1.807) is 54.3 Å². The summed E-state index contributed by atoms with van der Waals surface area (Å²) in [7, 11) is 0. The van der Waals surface area contributed by atoms with E-state index in [0.717, 1.165) is 18.2 Å². The number of fused-ring (bicyclic) bond motifs is 1. The van der Waals surface area contributed by atoms with Gasteiger partial charge < -0.3 is 10.1 Å². The topological polar surface area (TPSA) is 92.8 Å². The maximum atomic E-state index is 13.5. The van der Waals surface area contributed by atoms with E-state index in [1.165, 1.54) is 0 Å². The number of ether oxygens (including phenoxy) is 1. The number of rotatable bonds is 7. The SMILES string of the molecule is C[C@H](NC(=O)C(C)(F)F)[C@@H](c1ccc(OC2CC2)nc1)n1ncc2cc(C#N)ccc21. The van der Waals surface area contributed by atoms with Crippen molar-refractivity contribution >= 4 is 16.8 Å². The zero-order valence-corrected chi connectivity index (χ0v) is 17.0. The third kappa shape index (κ3) is 4.48. The maximum absolute atomic E-state index is 13.5. The van der Waals surface area contributed by atoms with E-state index < -0.39 is 23.9 Å². The van der Waals surface area contributed by atoms with Crippen molar-refractivity contribution < 1.29 is 18.3 Å². The number of nitriles is 1. The van der Waals surface area contributed by atoms with Gasteiger partial charge in [-0.2, -0.15) is 19.1 Å². The number of benzene rings is 1. The lowest BCUT2D eigenvalue weighted by Gasteiger charge is -2.27. The molecule has 31 heavy (non-hydrogen) atoms. The van der Waals surface area contributed by atoms with Gasteiger partial charge >= 0.3 is 5.92 Å². The van der Waals surface area contributed by atoms with Crippen LogP contribution in [-0.4, -0.2) is 38.7 Å². The molecule has 0 unspecified atom stereocenters. The van der Waals surface area contributed by atoms with Crippen molar-refractivity contribution in [2.75, 3.05) is 0 Å². The van der Waals surface area contributed by atoms with E-state index in [4.69, 9.17) is 10.00 Å². The third-order valence-electron chi connectivity index (χ3n) is 5.13. The van der Waals surface area contributed by atoms with Gasteiger partial charge in [0, 0.05) is 24.6 Å². The Morgan fingerprint density at radius 2 is 2.10 bits per heavy atom. The molecule has 4 rings (SSSR count). The van der Waals surface area contributed by atoms with E-state index in [2.05, 4.69) is 21.5 Å². The number of hydrogen-bond acceptors (Lipinski definition) is 5. The molecule has 7 nitrogen and oxygen atoms in total. The molecule has 1 saturated carbocycles. The number of carbonyl (C=O) groups is 1. The number of carbonyl (C=O) groups excluding carboxylic acids is 1. The van der Waals surface area contributed by atoms with Crippen LogP contribution in [0.3, 0.4) is 0 Å². The van der Waals surface area contributed by atoms with E-state index >= 15 is 0 Å². The van der Waals surface area contributed by atoms with Gasteiger partial charge in [0.15, 0.2) is 0 Å². The van der Waals surface area contributed by atoms with Gasteiger partial charge in [-0.1, -0.05) is 0 Å².